The topological polar surface area (TPSA) is 24.9 Å². The van der Waals surface area contributed by atoms with E-state index in [1.165, 1.54) is 63.5 Å². The van der Waals surface area contributed by atoms with Gasteiger partial charge in [-0.05, 0) is 18.6 Å². The van der Waals surface area contributed by atoms with E-state index in [1.807, 2.05) is 0 Å². The minimum Gasteiger partial charge on any atom is -0.361 e. The summed E-state index contributed by atoms with van der Waals surface area (Å²) in [6.07, 6.45) is 10.6. The van der Waals surface area contributed by atoms with Crippen LogP contribution in [0.1, 0.15) is 58.3 Å². The first-order valence-corrected chi connectivity index (χ1v) is 8.91. The van der Waals surface area contributed by atoms with Gasteiger partial charge in [0.1, 0.15) is 5.82 Å². The smallest absolute Gasteiger partial charge is 0.183 e. The molecule has 2 aromatic rings. The van der Waals surface area contributed by atoms with E-state index >= 15 is 0 Å². The number of anilines is 1. The third-order valence-corrected chi connectivity index (χ3v) is 4.65. The highest BCUT2D eigenvalue weighted by Gasteiger charge is 2.03. The molecule has 0 aliphatic carbocycles. The Morgan fingerprint density at radius 2 is 1.76 bits per heavy atom. The summed E-state index contributed by atoms with van der Waals surface area (Å²) in [5, 5.41) is 4.25. The van der Waals surface area contributed by atoms with E-state index in [9.17, 15) is 4.39 Å². The highest BCUT2D eigenvalue weighted by Crippen LogP contribution is 2.26. The number of nitrogens with one attached hydrogen (secondary N) is 1. The van der Waals surface area contributed by atoms with Crippen LogP contribution in [0.2, 0.25) is 0 Å². The number of rotatable bonds is 10. The molecule has 1 aromatic carbocycles. The largest absolute Gasteiger partial charge is 0.361 e. The molecule has 0 aliphatic rings. The van der Waals surface area contributed by atoms with Gasteiger partial charge in [-0.2, -0.15) is 0 Å². The lowest BCUT2D eigenvalue weighted by atomic mass is 10.1. The van der Waals surface area contributed by atoms with Gasteiger partial charge in [0, 0.05) is 12.6 Å². The Morgan fingerprint density at radius 3 is 2.52 bits per heavy atom. The van der Waals surface area contributed by atoms with Gasteiger partial charge >= 0.3 is 0 Å². The fourth-order valence-electron chi connectivity index (χ4n) is 2.43. The summed E-state index contributed by atoms with van der Waals surface area (Å²) >= 11 is 1.59. The summed E-state index contributed by atoms with van der Waals surface area (Å²) in [5.41, 5.74) is 0.749. The number of thiazole rings is 1. The average molecular weight is 308 g/mol. The van der Waals surface area contributed by atoms with Crippen LogP contribution in [0.3, 0.4) is 0 Å². The molecule has 0 amide bonds. The number of halogens is 1. The Morgan fingerprint density at radius 1 is 1.05 bits per heavy atom. The van der Waals surface area contributed by atoms with Crippen LogP contribution in [0.4, 0.5) is 9.52 Å². The predicted octanol–water partition coefficient (Wildman–Crippen LogP) is 5.99. The monoisotopic (exact) mass is 308 g/mol. The Bertz CT molecular complexity index is 539. The van der Waals surface area contributed by atoms with Gasteiger partial charge in [0.2, 0.25) is 0 Å². The van der Waals surface area contributed by atoms with E-state index in [-0.39, 0.29) is 5.82 Å². The molecule has 116 valence electrons. The summed E-state index contributed by atoms with van der Waals surface area (Å²) in [6.45, 7) is 3.21. The van der Waals surface area contributed by atoms with E-state index in [1.54, 1.807) is 17.4 Å². The zero-order chi connectivity index (χ0) is 14.9. The van der Waals surface area contributed by atoms with Crippen LogP contribution < -0.4 is 5.32 Å². The minimum atomic E-state index is -0.220. The second kappa shape index (κ2) is 8.98. The number of fused-ring (bicyclic) bond motifs is 1. The Balaban J connectivity index is 1.59. The number of aromatic nitrogens is 1. The van der Waals surface area contributed by atoms with Crippen molar-refractivity contribution in [3.63, 3.8) is 0 Å². The molecule has 0 saturated heterocycles. The van der Waals surface area contributed by atoms with Crippen molar-refractivity contribution in [3.05, 3.63) is 24.0 Å². The molecular weight excluding hydrogens is 283 g/mol. The fraction of sp³-hybridized carbons (Fsp3) is 0.588. The van der Waals surface area contributed by atoms with Crippen molar-refractivity contribution in [2.24, 2.45) is 0 Å². The van der Waals surface area contributed by atoms with Gasteiger partial charge in [-0.25, -0.2) is 9.37 Å². The number of nitrogens with zero attached hydrogens (tertiary/aromatic N) is 1. The summed E-state index contributed by atoms with van der Waals surface area (Å²) in [6, 6.07) is 4.78. The average Bonchev–Trinajstić information content (AvgIpc) is 2.87. The molecule has 0 radical (unpaired) electrons. The molecule has 0 spiro atoms. The fourth-order valence-corrected chi connectivity index (χ4v) is 3.30. The first-order valence-electron chi connectivity index (χ1n) is 8.09. The van der Waals surface area contributed by atoms with E-state index < -0.39 is 0 Å². The van der Waals surface area contributed by atoms with Gasteiger partial charge in [0.15, 0.2) is 5.13 Å². The summed E-state index contributed by atoms with van der Waals surface area (Å²) in [4.78, 5) is 4.41. The molecule has 2 rings (SSSR count). The molecule has 0 aliphatic heterocycles. The molecule has 0 atom stereocenters. The molecule has 2 nitrogen and oxygen atoms in total. The molecule has 1 aromatic heterocycles. The van der Waals surface area contributed by atoms with E-state index in [4.69, 9.17) is 0 Å². The summed E-state index contributed by atoms with van der Waals surface area (Å²) in [5.74, 6) is -0.220. The van der Waals surface area contributed by atoms with E-state index in [0.29, 0.717) is 0 Å². The molecular formula is C17H25FN2S. The van der Waals surface area contributed by atoms with Crippen LogP contribution in [0.25, 0.3) is 10.2 Å². The highest BCUT2D eigenvalue weighted by molar-refractivity contribution is 7.22. The molecule has 0 unspecified atom stereocenters. The first kappa shape index (κ1) is 16.2. The lowest BCUT2D eigenvalue weighted by molar-refractivity contribution is 0.581. The van der Waals surface area contributed by atoms with Crippen LogP contribution in [-0.4, -0.2) is 11.5 Å². The van der Waals surface area contributed by atoms with Gasteiger partial charge in [0.25, 0.3) is 0 Å². The van der Waals surface area contributed by atoms with Crippen molar-refractivity contribution in [1.82, 2.24) is 4.98 Å². The second-order valence-corrected chi connectivity index (χ2v) is 6.56. The SMILES string of the molecule is CCCCCCCCCCNc1nc2cc(F)ccc2s1. The van der Waals surface area contributed by atoms with Crippen molar-refractivity contribution < 1.29 is 4.39 Å². The van der Waals surface area contributed by atoms with Gasteiger partial charge in [-0.3, -0.25) is 0 Å². The van der Waals surface area contributed by atoms with Crippen LogP contribution in [0.5, 0.6) is 0 Å². The minimum absolute atomic E-state index is 0.220. The number of benzene rings is 1. The number of unbranched alkanes of at least 4 members (excludes halogenated alkanes) is 7. The van der Waals surface area contributed by atoms with Crippen molar-refractivity contribution in [1.29, 1.82) is 0 Å². The van der Waals surface area contributed by atoms with E-state index in [0.717, 1.165) is 21.9 Å². The highest BCUT2D eigenvalue weighted by atomic mass is 32.1. The lowest BCUT2D eigenvalue weighted by Crippen LogP contribution is -2.00. The first-order chi connectivity index (χ1) is 10.3. The van der Waals surface area contributed by atoms with Crippen molar-refractivity contribution in [2.45, 2.75) is 58.3 Å². The van der Waals surface area contributed by atoms with Gasteiger partial charge in [0.05, 0.1) is 10.2 Å². The maximum atomic E-state index is 13.1. The molecule has 0 saturated carbocycles. The Kier molecular flexibility index (Phi) is 6.93. The van der Waals surface area contributed by atoms with Gasteiger partial charge < -0.3 is 5.32 Å². The molecule has 0 bridgehead atoms. The normalized spacial score (nSPS) is 11.1. The molecule has 1 heterocycles. The third kappa shape index (κ3) is 5.62. The second-order valence-electron chi connectivity index (χ2n) is 5.53. The quantitative estimate of drug-likeness (QED) is 0.545. The van der Waals surface area contributed by atoms with Crippen LogP contribution >= 0.6 is 11.3 Å². The summed E-state index contributed by atoms with van der Waals surface area (Å²) < 4.78 is 14.1. The maximum Gasteiger partial charge on any atom is 0.183 e. The third-order valence-electron chi connectivity index (χ3n) is 3.66. The van der Waals surface area contributed by atoms with E-state index in [2.05, 4.69) is 17.2 Å². The van der Waals surface area contributed by atoms with Crippen molar-refractivity contribution >= 4 is 26.7 Å². The zero-order valence-corrected chi connectivity index (χ0v) is 13.6. The van der Waals surface area contributed by atoms with Crippen LogP contribution in [0.15, 0.2) is 18.2 Å². The molecule has 21 heavy (non-hydrogen) atoms. The predicted molar refractivity (Wildman–Crippen MR) is 90.7 cm³/mol. The van der Waals surface area contributed by atoms with Gasteiger partial charge in [-0.15, -0.1) is 0 Å². The van der Waals surface area contributed by atoms with Crippen LogP contribution in [-0.2, 0) is 0 Å². The maximum absolute atomic E-state index is 13.1. The van der Waals surface area contributed by atoms with Gasteiger partial charge in [-0.1, -0.05) is 63.2 Å². The standard InChI is InChI=1S/C17H25FN2S/c1-2-3-4-5-6-7-8-9-12-19-17-20-15-13-14(18)10-11-16(15)21-17/h10-11,13H,2-9,12H2,1H3,(H,19,20). The zero-order valence-electron chi connectivity index (χ0n) is 12.8. The Labute approximate surface area is 130 Å². The molecule has 0 fully saturated rings. The van der Waals surface area contributed by atoms with Crippen molar-refractivity contribution in [2.75, 3.05) is 11.9 Å². The lowest BCUT2D eigenvalue weighted by Gasteiger charge is -2.03. The molecule has 4 heteroatoms. The van der Waals surface area contributed by atoms with Crippen molar-refractivity contribution in [3.8, 4) is 0 Å². The molecule has 1 N–H and O–H groups in total. The summed E-state index contributed by atoms with van der Waals surface area (Å²) in [7, 11) is 0. The Hall–Kier alpha value is -1.16. The number of hydrogen-bond acceptors (Lipinski definition) is 3. The number of hydrogen-bond donors (Lipinski definition) is 1. The van der Waals surface area contributed by atoms with Crippen LogP contribution in [0, 0.1) is 5.82 Å².